The summed E-state index contributed by atoms with van der Waals surface area (Å²) in [6.45, 7) is 0. The van der Waals surface area contributed by atoms with Gasteiger partial charge in [0, 0.05) is 0 Å². The quantitative estimate of drug-likeness (QED) is 0.831. The fourth-order valence-corrected chi connectivity index (χ4v) is 4.02. The summed E-state index contributed by atoms with van der Waals surface area (Å²) in [5.74, 6) is -1.26. The Bertz CT molecular complexity index is 758. The summed E-state index contributed by atoms with van der Waals surface area (Å²) < 4.78 is 68.8. The van der Waals surface area contributed by atoms with Gasteiger partial charge in [0.1, 0.15) is 17.7 Å². The Hall–Kier alpha value is -1.88. The van der Waals surface area contributed by atoms with Crippen molar-refractivity contribution in [2.45, 2.75) is 12.5 Å². The molecule has 0 radical (unpaired) electrons. The number of ether oxygens (including phenoxy) is 1. The van der Waals surface area contributed by atoms with E-state index >= 15 is 0 Å². The van der Waals surface area contributed by atoms with Gasteiger partial charge in [-0.1, -0.05) is 0 Å². The van der Waals surface area contributed by atoms with Crippen molar-refractivity contribution in [2.75, 3.05) is 11.5 Å². The maximum atomic E-state index is 12.7. The molecule has 1 amide bonds. The second kappa shape index (κ2) is 6.08. The van der Waals surface area contributed by atoms with E-state index in [2.05, 4.69) is 4.18 Å². The molecule has 1 atom stereocenters. The van der Waals surface area contributed by atoms with E-state index in [9.17, 15) is 26.0 Å². The first kappa shape index (κ1) is 16.5. The van der Waals surface area contributed by atoms with Crippen LogP contribution in [-0.4, -0.2) is 40.5 Å². The zero-order valence-electron chi connectivity index (χ0n) is 11.1. The van der Waals surface area contributed by atoms with Crippen LogP contribution in [0.3, 0.4) is 0 Å². The molecule has 1 aromatic rings. The Balaban J connectivity index is 1.91. The topological polar surface area (TPSA) is 116 Å². The minimum Gasteiger partial charge on any atom is -0.444 e. The average molecular weight is 353 g/mol. The van der Waals surface area contributed by atoms with Crippen LogP contribution in [-0.2, 0) is 24.9 Å². The lowest BCUT2D eigenvalue weighted by Gasteiger charge is -2.12. The molecule has 0 aromatic heterocycles. The van der Waals surface area contributed by atoms with Crippen molar-refractivity contribution in [3.8, 4) is 5.75 Å². The number of sulfone groups is 1. The maximum Gasteiger partial charge on any atom is 0.423 e. The largest absolute Gasteiger partial charge is 0.444 e. The smallest absolute Gasteiger partial charge is 0.423 e. The van der Waals surface area contributed by atoms with Crippen LogP contribution in [0, 0.1) is 5.82 Å². The first-order valence-corrected chi connectivity index (χ1v) is 9.27. The third-order valence-corrected chi connectivity index (χ3v) is 5.26. The van der Waals surface area contributed by atoms with Gasteiger partial charge in [-0.15, -0.1) is 0 Å². The molecule has 8 nitrogen and oxygen atoms in total. The molecule has 0 saturated carbocycles. The van der Waals surface area contributed by atoms with Crippen LogP contribution in [0.15, 0.2) is 24.3 Å². The monoisotopic (exact) mass is 353 g/mol. The zero-order chi connectivity index (χ0) is 16.4. The molecule has 1 aromatic carbocycles. The molecule has 1 heterocycles. The number of halogens is 1. The van der Waals surface area contributed by atoms with Gasteiger partial charge in [0.25, 0.3) is 0 Å². The lowest BCUT2D eigenvalue weighted by atomic mass is 10.3. The van der Waals surface area contributed by atoms with Crippen molar-refractivity contribution in [3.63, 3.8) is 0 Å². The van der Waals surface area contributed by atoms with E-state index in [1.54, 1.807) is 0 Å². The lowest BCUT2D eigenvalue weighted by molar-refractivity contribution is 0.115. The summed E-state index contributed by atoms with van der Waals surface area (Å²) in [7, 11) is -7.77. The molecule has 11 heteroatoms. The van der Waals surface area contributed by atoms with Crippen LogP contribution >= 0.6 is 0 Å². The van der Waals surface area contributed by atoms with E-state index in [0.717, 1.165) is 24.3 Å². The van der Waals surface area contributed by atoms with Crippen LogP contribution in [0.5, 0.6) is 5.75 Å². The Labute approximate surface area is 126 Å². The van der Waals surface area contributed by atoms with Gasteiger partial charge in [-0.2, -0.15) is 13.1 Å². The number of nitrogens with one attached hydrogen (secondary N) is 1. The number of carbonyl (C=O) groups is 1. The molecular formula is C11H12FNO7S2. The summed E-state index contributed by atoms with van der Waals surface area (Å²) in [6.07, 6.45) is -2.13. The molecule has 1 unspecified atom stereocenters. The number of hydrogen-bond donors (Lipinski definition) is 1. The predicted octanol–water partition coefficient (Wildman–Crippen LogP) is 0.363. The number of hydrogen-bond acceptors (Lipinski definition) is 7. The predicted molar refractivity (Wildman–Crippen MR) is 72.6 cm³/mol. The number of carbonyl (C=O) groups excluding carboxylic acids is 1. The minimum absolute atomic E-state index is 0.106. The Morgan fingerprint density at radius 2 is 1.91 bits per heavy atom. The second-order valence-corrected chi connectivity index (χ2v) is 8.03. The van der Waals surface area contributed by atoms with Gasteiger partial charge < -0.3 is 8.92 Å². The van der Waals surface area contributed by atoms with Crippen molar-refractivity contribution < 1.29 is 34.9 Å². The van der Waals surface area contributed by atoms with Crippen molar-refractivity contribution in [3.05, 3.63) is 30.1 Å². The average Bonchev–Trinajstić information content (AvgIpc) is 2.70. The molecule has 1 saturated heterocycles. The van der Waals surface area contributed by atoms with Crippen LogP contribution in [0.25, 0.3) is 0 Å². The Morgan fingerprint density at radius 1 is 1.27 bits per heavy atom. The number of rotatable bonds is 4. The Morgan fingerprint density at radius 3 is 2.45 bits per heavy atom. The van der Waals surface area contributed by atoms with E-state index in [1.165, 1.54) is 4.72 Å². The van der Waals surface area contributed by atoms with E-state index in [-0.39, 0.29) is 23.7 Å². The Kier molecular flexibility index (Phi) is 4.56. The van der Waals surface area contributed by atoms with Gasteiger partial charge in [-0.05, 0) is 30.7 Å². The molecule has 1 aliphatic rings. The van der Waals surface area contributed by atoms with E-state index in [4.69, 9.17) is 4.74 Å². The highest BCUT2D eigenvalue weighted by Crippen LogP contribution is 2.16. The second-order valence-electron chi connectivity index (χ2n) is 4.52. The molecule has 1 aliphatic heterocycles. The third-order valence-electron chi connectivity index (χ3n) is 2.69. The fourth-order valence-electron chi connectivity index (χ4n) is 1.77. The first-order chi connectivity index (χ1) is 10.2. The lowest BCUT2D eigenvalue weighted by Crippen LogP contribution is -2.36. The summed E-state index contributed by atoms with van der Waals surface area (Å²) in [5, 5.41) is 0. The van der Waals surface area contributed by atoms with Crippen LogP contribution < -0.4 is 8.91 Å². The van der Waals surface area contributed by atoms with E-state index in [1.807, 2.05) is 0 Å². The summed E-state index contributed by atoms with van der Waals surface area (Å²) in [6, 6.07) is 4.08. The molecular weight excluding hydrogens is 341 g/mol. The van der Waals surface area contributed by atoms with Gasteiger partial charge in [0.05, 0.1) is 11.5 Å². The molecule has 2 rings (SSSR count). The van der Waals surface area contributed by atoms with Gasteiger partial charge in [0.15, 0.2) is 9.84 Å². The third kappa shape index (κ3) is 4.84. The zero-order valence-corrected chi connectivity index (χ0v) is 12.7. The molecule has 1 N–H and O–H groups in total. The van der Waals surface area contributed by atoms with Crippen LogP contribution in [0.2, 0.25) is 0 Å². The SMILES string of the molecule is O=C(NS(=O)(=O)Oc1ccc(F)cc1)OC1CCS(=O)(=O)C1. The first-order valence-electron chi connectivity index (χ1n) is 6.04. The van der Waals surface area contributed by atoms with Crippen molar-refractivity contribution in [1.82, 2.24) is 4.72 Å². The number of amides is 1. The highest BCUT2D eigenvalue weighted by Gasteiger charge is 2.31. The van der Waals surface area contributed by atoms with Crippen LogP contribution in [0.4, 0.5) is 9.18 Å². The van der Waals surface area contributed by atoms with E-state index < -0.39 is 38.2 Å². The van der Waals surface area contributed by atoms with Crippen LogP contribution in [0.1, 0.15) is 6.42 Å². The van der Waals surface area contributed by atoms with Gasteiger partial charge in [-0.25, -0.2) is 17.6 Å². The normalized spacial score (nSPS) is 20.3. The molecule has 22 heavy (non-hydrogen) atoms. The van der Waals surface area contributed by atoms with Crippen molar-refractivity contribution >= 4 is 26.2 Å². The summed E-state index contributed by atoms with van der Waals surface area (Å²) >= 11 is 0. The van der Waals surface area contributed by atoms with Gasteiger partial charge in [-0.3, -0.25) is 0 Å². The highest BCUT2D eigenvalue weighted by atomic mass is 32.2. The van der Waals surface area contributed by atoms with E-state index in [0.29, 0.717) is 0 Å². The van der Waals surface area contributed by atoms with Gasteiger partial charge >= 0.3 is 16.4 Å². The molecule has 0 bridgehead atoms. The van der Waals surface area contributed by atoms with Crippen molar-refractivity contribution in [2.24, 2.45) is 0 Å². The summed E-state index contributed by atoms with van der Waals surface area (Å²) in [5.41, 5.74) is 0. The maximum absolute atomic E-state index is 12.7. The summed E-state index contributed by atoms with van der Waals surface area (Å²) in [4.78, 5) is 11.4. The molecule has 0 aliphatic carbocycles. The molecule has 0 spiro atoms. The number of benzene rings is 1. The van der Waals surface area contributed by atoms with Gasteiger partial charge in [0.2, 0.25) is 0 Å². The highest BCUT2D eigenvalue weighted by molar-refractivity contribution is 7.91. The minimum atomic E-state index is -4.51. The molecule has 1 fully saturated rings. The molecule has 122 valence electrons. The fraction of sp³-hybridized carbons (Fsp3) is 0.364. The standard InChI is InChI=1S/C11H12FNO7S2/c12-8-1-3-9(4-2-8)20-22(17,18)13-11(14)19-10-5-6-21(15,16)7-10/h1-4,10H,5-7H2,(H,13,14). The van der Waals surface area contributed by atoms with Crippen molar-refractivity contribution in [1.29, 1.82) is 0 Å².